The molecule has 1 N–H and O–H groups in total. The predicted octanol–water partition coefficient (Wildman–Crippen LogP) is 3.40. The normalized spacial score (nSPS) is 29.1. The van der Waals surface area contributed by atoms with E-state index in [2.05, 4.69) is 17.1 Å². The number of rotatable bonds is 4. The van der Waals surface area contributed by atoms with Crippen LogP contribution in [-0.4, -0.2) is 35.6 Å². The van der Waals surface area contributed by atoms with Crippen molar-refractivity contribution in [3.63, 3.8) is 0 Å². The van der Waals surface area contributed by atoms with Gasteiger partial charge in [-0.05, 0) is 42.4 Å². The van der Waals surface area contributed by atoms with Gasteiger partial charge in [0.1, 0.15) is 0 Å². The van der Waals surface area contributed by atoms with Crippen LogP contribution in [-0.2, 0) is 4.79 Å². The van der Waals surface area contributed by atoms with Gasteiger partial charge in [0.05, 0.1) is 5.92 Å². The fourth-order valence-corrected chi connectivity index (χ4v) is 3.79. The molecule has 1 saturated carbocycles. The second kappa shape index (κ2) is 6.20. The number of nitrogens with zero attached hydrogens (tertiary/aromatic N) is 1. The molecule has 0 amide bonds. The summed E-state index contributed by atoms with van der Waals surface area (Å²) in [5, 5.41) is 9.84. The summed E-state index contributed by atoms with van der Waals surface area (Å²) in [6.07, 6.45) is 6.01. The van der Waals surface area contributed by atoms with E-state index in [1.165, 1.54) is 0 Å². The summed E-state index contributed by atoms with van der Waals surface area (Å²) >= 11 is 5.86. The third-order valence-electron chi connectivity index (χ3n) is 4.72. The molecule has 3 atom stereocenters. The van der Waals surface area contributed by atoms with Crippen molar-refractivity contribution in [2.24, 2.45) is 17.8 Å². The van der Waals surface area contributed by atoms with E-state index in [4.69, 9.17) is 16.7 Å². The lowest BCUT2D eigenvalue weighted by Gasteiger charge is -2.15. The Morgan fingerprint density at radius 1 is 1.24 bits per heavy atom. The first-order valence-corrected chi connectivity index (χ1v) is 7.87. The van der Waals surface area contributed by atoms with Crippen LogP contribution in [0.15, 0.2) is 30.3 Å². The smallest absolute Gasteiger partial charge is 0.306 e. The van der Waals surface area contributed by atoms with E-state index in [1.54, 1.807) is 0 Å². The maximum absolute atomic E-state index is 11.0. The van der Waals surface area contributed by atoms with Crippen LogP contribution in [0.2, 0.25) is 5.02 Å². The Kier molecular flexibility index (Phi) is 4.32. The number of hydrogen-bond acceptors (Lipinski definition) is 2. The molecule has 0 radical (unpaired) electrons. The van der Waals surface area contributed by atoms with Crippen molar-refractivity contribution in [2.75, 3.05) is 19.6 Å². The number of likely N-dealkylation sites (tertiary alicyclic amines) is 1. The number of hydrogen-bond donors (Lipinski definition) is 1. The van der Waals surface area contributed by atoms with Gasteiger partial charge in [-0.25, -0.2) is 0 Å². The molecule has 1 aliphatic heterocycles. The molecule has 1 unspecified atom stereocenters. The van der Waals surface area contributed by atoms with E-state index >= 15 is 0 Å². The van der Waals surface area contributed by atoms with Crippen LogP contribution in [0.25, 0.3) is 6.08 Å². The van der Waals surface area contributed by atoms with E-state index in [0.717, 1.165) is 43.1 Å². The Balaban J connectivity index is 1.48. The molecule has 2 fully saturated rings. The molecule has 2 aliphatic rings. The van der Waals surface area contributed by atoms with Crippen molar-refractivity contribution < 1.29 is 9.90 Å². The van der Waals surface area contributed by atoms with Crippen LogP contribution in [0.1, 0.15) is 18.4 Å². The highest BCUT2D eigenvalue weighted by Gasteiger charge is 2.42. The molecule has 1 aliphatic carbocycles. The number of halogens is 1. The molecular formula is C17H20ClNO2. The minimum absolute atomic E-state index is 0.105. The maximum Gasteiger partial charge on any atom is 0.306 e. The molecule has 112 valence electrons. The lowest BCUT2D eigenvalue weighted by atomic mass is 10.0. The minimum atomic E-state index is -0.612. The number of aliphatic carboxylic acids is 1. The molecule has 1 saturated heterocycles. The number of benzene rings is 1. The van der Waals surface area contributed by atoms with Crippen molar-refractivity contribution >= 4 is 23.6 Å². The summed E-state index contributed by atoms with van der Waals surface area (Å²) in [5.74, 6) is 0.440. The molecule has 21 heavy (non-hydrogen) atoms. The first-order valence-electron chi connectivity index (χ1n) is 7.49. The summed E-state index contributed by atoms with van der Waals surface area (Å²) in [7, 11) is 0. The quantitative estimate of drug-likeness (QED) is 0.927. The molecule has 3 rings (SSSR count). The third-order valence-corrected chi connectivity index (χ3v) is 4.97. The molecular weight excluding hydrogens is 286 g/mol. The number of carboxylic acid groups (broad SMARTS) is 1. The molecule has 3 nitrogen and oxygen atoms in total. The molecule has 4 heteroatoms. The molecule has 1 heterocycles. The van der Waals surface area contributed by atoms with E-state index < -0.39 is 5.97 Å². The van der Waals surface area contributed by atoms with Gasteiger partial charge in [-0.2, -0.15) is 0 Å². The lowest BCUT2D eigenvalue weighted by Crippen LogP contribution is -2.23. The monoisotopic (exact) mass is 305 g/mol. The third kappa shape index (κ3) is 3.47. The molecule has 1 aromatic rings. The van der Waals surface area contributed by atoms with Gasteiger partial charge in [-0.1, -0.05) is 35.9 Å². The highest BCUT2D eigenvalue weighted by atomic mass is 35.5. The van der Waals surface area contributed by atoms with Crippen molar-refractivity contribution in [1.82, 2.24) is 4.90 Å². The van der Waals surface area contributed by atoms with E-state index in [1.807, 2.05) is 24.3 Å². The number of carbonyl (C=O) groups is 1. The summed E-state index contributed by atoms with van der Waals surface area (Å²) < 4.78 is 0. The topological polar surface area (TPSA) is 40.5 Å². The van der Waals surface area contributed by atoms with Crippen LogP contribution < -0.4 is 0 Å². The Morgan fingerprint density at radius 3 is 2.43 bits per heavy atom. The van der Waals surface area contributed by atoms with Crippen molar-refractivity contribution in [3.8, 4) is 0 Å². The summed E-state index contributed by atoms with van der Waals surface area (Å²) in [5.41, 5.74) is 1.16. The van der Waals surface area contributed by atoms with E-state index in [-0.39, 0.29) is 5.92 Å². The molecule has 0 bridgehead atoms. The van der Waals surface area contributed by atoms with E-state index in [9.17, 15) is 4.79 Å². The van der Waals surface area contributed by atoms with Crippen LogP contribution in [0.4, 0.5) is 0 Å². The zero-order valence-electron chi connectivity index (χ0n) is 11.9. The van der Waals surface area contributed by atoms with Gasteiger partial charge in [0.15, 0.2) is 0 Å². The minimum Gasteiger partial charge on any atom is -0.481 e. The standard InChI is InChI=1S/C17H20ClNO2/c18-16-5-3-12(4-6-16)2-1-7-19-10-14-8-13(17(20)21)9-15(14)11-19/h1-6,13-15H,7-11H2,(H,20,21)/b2-1+/t13?,14-,15+. The predicted molar refractivity (Wildman–Crippen MR) is 84.3 cm³/mol. The summed E-state index contributed by atoms with van der Waals surface area (Å²) in [6, 6.07) is 7.81. The summed E-state index contributed by atoms with van der Waals surface area (Å²) in [6.45, 7) is 3.02. The van der Waals surface area contributed by atoms with Crippen LogP contribution in [0.5, 0.6) is 0 Å². The Morgan fingerprint density at radius 2 is 1.86 bits per heavy atom. The van der Waals surface area contributed by atoms with Gasteiger partial charge in [-0.15, -0.1) is 0 Å². The van der Waals surface area contributed by atoms with E-state index in [0.29, 0.717) is 11.8 Å². The first-order chi connectivity index (χ1) is 10.1. The molecule has 0 spiro atoms. The van der Waals surface area contributed by atoms with Crippen LogP contribution in [0.3, 0.4) is 0 Å². The fourth-order valence-electron chi connectivity index (χ4n) is 3.66. The average molecular weight is 306 g/mol. The van der Waals surface area contributed by atoms with Gasteiger partial charge >= 0.3 is 5.97 Å². The fraction of sp³-hybridized carbons (Fsp3) is 0.471. The Bertz CT molecular complexity index is 526. The highest BCUT2D eigenvalue weighted by molar-refractivity contribution is 6.30. The Labute approximate surface area is 130 Å². The zero-order valence-corrected chi connectivity index (χ0v) is 12.7. The number of fused-ring (bicyclic) bond motifs is 1. The van der Waals surface area contributed by atoms with Crippen molar-refractivity contribution in [2.45, 2.75) is 12.8 Å². The van der Waals surface area contributed by atoms with Crippen molar-refractivity contribution in [3.05, 3.63) is 40.9 Å². The van der Waals surface area contributed by atoms with Gasteiger partial charge in [0.25, 0.3) is 0 Å². The zero-order chi connectivity index (χ0) is 14.8. The van der Waals surface area contributed by atoms with Gasteiger partial charge in [0.2, 0.25) is 0 Å². The largest absolute Gasteiger partial charge is 0.481 e. The second-order valence-corrected chi connectivity index (χ2v) is 6.64. The Hall–Kier alpha value is -1.32. The average Bonchev–Trinajstić information content (AvgIpc) is 2.99. The first kappa shape index (κ1) is 14.6. The van der Waals surface area contributed by atoms with Gasteiger partial charge in [0, 0.05) is 24.7 Å². The highest BCUT2D eigenvalue weighted by Crippen LogP contribution is 2.41. The molecule has 1 aromatic carbocycles. The van der Waals surface area contributed by atoms with Gasteiger partial charge in [-0.3, -0.25) is 9.69 Å². The maximum atomic E-state index is 11.0. The molecule has 0 aromatic heterocycles. The van der Waals surface area contributed by atoms with Crippen molar-refractivity contribution in [1.29, 1.82) is 0 Å². The summed E-state index contributed by atoms with van der Waals surface area (Å²) in [4.78, 5) is 13.5. The van der Waals surface area contributed by atoms with Crippen LogP contribution >= 0.6 is 11.6 Å². The van der Waals surface area contributed by atoms with Crippen LogP contribution in [0, 0.1) is 17.8 Å². The van der Waals surface area contributed by atoms with Gasteiger partial charge < -0.3 is 5.11 Å². The lowest BCUT2D eigenvalue weighted by molar-refractivity contribution is -0.141. The number of carboxylic acids is 1. The second-order valence-electron chi connectivity index (χ2n) is 6.20. The SMILES string of the molecule is O=C(O)C1C[C@@H]2CN(C/C=C/c3ccc(Cl)cc3)C[C@@H]2C1.